The summed E-state index contributed by atoms with van der Waals surface area (Å²) in [7, 11) is 0. The van der Waals surface area contributed by atoms with E-state index < -0.39 is 0 Å². The van der Waals surface area contributed by atoms with Crippen molar-refractivity contribution in [1.82, 2.24) is 4.90 Å². The molecule has 0 bridgehead atoms. The summed E-state index contributed by atoms with van der Waals surface area (Å²) in [5.41, 5.74) is 0.655. The molecule has 0 radical (unpaired) electrons. The fourth-order valence-electron chi connectivity index (χ4n) is 3.38. The van der Waals surface area contributed by atoms with Gasteiger partial charge in [0.15, 0.2) is 0 Å². The van der Waals surface area contributed by atoms with Gasteiger partial charge in [0, 0.05) is 19.5 Å². The Morgan fingerprint density at radius 1 is 1.28 bits per heavy atom. The van der Waals surface area contributed by atoms with E-state index in [4.69, 9.17) is 4.74 Å². The van der Waals surface area contributed by atoms with Gasteiger partial charge in [-0.05, 0) is 51.7 Å². The number of ether oxygens (including phenoxy) is 1. The van der Waals surface area contributed by atoms with Gasteiger partial charge in [0.1, 0.15) is 12.3 Å². The molecular formula is C20H30N2O3. The van der Waals surface area contributed by atoms with E-state index in [1.54, 1.807) is 0 Å². The van der Waals surface area contributed by atoms with Crippen molar-refractivity contribution in [3.8, 4) is 5.75 Å². The van der Waals surface area contributed by atoms with Crippen molar-refractivity contribution >= 4 is 17.5 Å². The largest absolute Gasteiger partial charge is 0.489 e. The van der Waals surface area contributed by atoms with Crippen LogP contribution >= 0.6 is 0 Å². The molecule has 0 aromatic heterocycles. The number of amides is 2. The lowest BCUT2D eigenvalue weighted by Gasteiger charge is -2.36. The van der Waals surface area contributed by atoms with Crippen LogP contribution in [-0.4, -0.2) is 41.9 Å². The van der Waals surface area contributed by atoms with Gasteiger partial charge in [-0.25, -0.2) is 0 Å². The Morgan fingerprint density at radius 2 is 2.00 bits per heavy atom. The Balaban J connectivity index is 2.21. The van der Waals surface area contributed by atoms with Gasteiger partial charge < -0.3 is 9.64 Å². The third kappa shape index (κ3) is 4.97. The summed E-state index contributed by atoms with van der Waals surface area (Å²) in [5, 5.41) is 0. The molecular weight excluding hydrogens is 316 g/mol. The average Bonchev–Trinajstić information content (AvgIpc) is 2.59. The standard InChI is InChI=1S/C20H30N2O3/c1-5-17-10-8-9-13-21(17)20(24)14-22(16(4)23)18-11-6-7-12-19(18)25-15(2)3/h6-7,11-12,15,17H,5,8-10,13-14H2,1-4H3. The summed E-state index contributed by atoms with van der Waals surface area (Å²) >= 11 is 0. The van der Waals surface area contributed by atoms with Gasteiger partial charge in [0.05, 0.1) is 11.8 Å². The lowest BCUT2D eigenvalue weighted by atomic mass is 10.00. The molecule has 0 saturated carbocycles. The highest BCUT2D eigenvalue weighted by atomic mass is 16.5. The van der Waals surface area contributed by atoms with Gasteiger partial charge in [-0.3, -0.25) is 14.5 Å². The molecule has 0 spiro atoms. The number of piperidine rings is 1. The second-order valence-corrected chi connectivity index (χ2v) is 6.88. The smallest absolute Gasteiger partial charge is 0.242 e. The van der Waals surface area contributed by atoms with Crippen LogP contribution in [0.3, 0.4) is 0 Å². The van der Waals surface area contributed by atoms with Crippen molar-refractivity contribution in [2.45, 2.75) is 65.5 Å². The number of hydrogen-bond acceptors (Lipinski definition) is 3. The highest BCUT2D eigenvalue weighted by molar-refractivity contribution is 5.98. The van der Waals surface area contributed by atoms with Gasteiger partial charge in [-0.2, -0.15) is 0 Å². The van der Waals surface area contributed by atoms with Crippen molar-refractivity contribution in [3.63, 3.8) is 0 Å². The highest BCUT2D eigenvalue weighted by Crippen LogP contribution is 2.29. The molecule has 0 N–H and O–H groups in total. The summed E-state index contributed by atoms with van der Waals surface area (Å²) < 4.78 is 5.83. The number of carbonyl (C=O) groups is 2. The first-order valence-corrected chi connectivity index (χ1v) is 9.27. The van der Waals surface area contributed by atoms with Crippen molar-refractivity contribution in [2.24, 2.45) is 0 Å². The van der Waals surface area contributed by atoms with Crippen molar-refractivity contribution in [3.05, 3.63) is 24.3 Å². The van der Waals surface area contributed by atoms with E-state index in [0.717, 1.165) is 25.8 Å². The topological polar surface area (TPSA) is 49.9 Å². The minimum atomic E-state index is -0.154. The molecule has 1 unspecified atom stereocenters. The molecule has 5 heteroatoms. The van der Waals surface area contributed by atoms with Crippen LogP contribution in [0.1, 0.15) is 53.4 Å². The zero-order valence-corrected chi connectivity index (χ0v) is 15.8. The predicted octanol–water partition coefficient (Wildman–Crippen LogP) is 3.62. The van der Waals surface area contributed by atoms with E-state index in [-0.39, 0.29) is 30.5 Å². The molecule has 1 aromatic carbocycles. The second-order valence-electron chi connectivity index (χ2n) is 6.88. The first kappa shape index (κ1) is 19.3. The molecule has 0 aliphatic carbocycles. The Labute approximate surface area is 150 Å². The molecule has 1 aliphatic rings. The van der Waals surface area contributed by atoms with Gasteiger partial charge in [0.25, 0.3) is 0 Å². The quantitative estimate of drug-likeness (QED) is 0.790. The van der Waals surface area contributed by atoms with Gasteiger partial charge >= 0.3 is 0 Å². The summed E-state index contributed by atoms with van der Waals surface area (Å²) in [4.78, 5) is 28.6. The molecule has 1 heterocycles. The van der Waals surface area contributed by atoms with E-state index in [2.05, 4.69) is 6.92 Å². The first-order valence-electron chi connectivity index (χ1n) is 9.27. The number of likely N-dealkylation sites (tertiary alicyclic amines) is 1. The van der Waals surface area contributed by atoms with Crippen LogP contribution < -0.4 is 9.64 Å². The molecule has 25 heavy (non-hydrogen) atoms. The number of nitrogens with zero attached hydrogens (tertiary/aromatic N) is 2. The van der Waals surface area contributed by atoms with Gasteiger partial charge in [0.2, 0.25) is 11.8 Å². The van der Waals surface area contributed by atoms with Gasteiger partial charge in [-0.15, -0.1) is 0 Å². The Bertz CT molecular complexity index is 600. The molecule has 138 valence electrons. The number of anilines is 1. The van der Waals surface area contributed by atoms with Crippen LogP contribution in [-0.2, 0) is 9.59 Å². The number of hydrogen-bond donors (Lipinski definition) is 0. The van der Waals surface area contributed by atoms with E-state index in [0.29, 0.717) is 11.4 Å². The Kier molecular flexibility index (Phi) is 6.85. The van der Waals surface area contributed by atoms with Crippen LogP contribution in [0.15, 0.2) is 24.3 Å². The van der Waals surface area contributed by atoms with Gasteiger partial charge in [-0.1, -0.05) is 19.1 Å². The summed E-state index contributed by atoms with van der Waals surface area (Å²) in [6.45, 7) is 8.34. The number of carbonyl (C=O) groups excluding carboxylic acids is 2. The minimum Gasteiger partial charge on any atom is -0.489 e. The van der Waals surface area contributed by atoms with Crippen LogP contribution in [0.4, 0.5) is 5.69 Å². The minimum absolute atomic E-state index is 0.00257. The summed E-state index contributed by atoms with van der Waals surface area (Å²) in [6.07, 6.45) is 4.21. The second kappa shape index (κ2) is 8.88. The van der Waals surface area contributed by atoms with Crippen LogP contribution in [0, 0.1) is 0 Å². The molecule has 1 fully saturated rings. The normalized spacial score (nSPS) is 17.5. The van der Waals surface area contributed by atoms with Crippen LogP contribution in [0.25, 0.3) is 0 Å². The van der Waals surface area contributed by atoms with E-state index in [9.17, 15) is 9.59 Å². The third-order valence-electron chi connectivity index (χ3n) is 4.61. The molecule has 1 aromatic rings. The summed E-state index contributed by atoms with van der Waals surface area (Å²) in [5.74, 6) is 0.491. The molecule has 2 amide bonds. The van der Waals surface area contributed by atoms with Crippen molar-refractivity contribution in [2.75, 3.05) is 18.0 Å². The van der Waals surface area contributed by atoms with Crippen molar-refractivity contribution < 1.29 is 14.3 Å². The lowest BCUT2D eigenvalue weighted by Crippen LogP contribution is -2.48. The third-order valence-corrected chi connectivity index (χ3v) is 4.61. The van der Waals surface area contributed by atoms with Crippen LogP contribution in [0.2, 0.25) is 0 Å². The monoisotopic (exact) mass is 346 g/mol. The molecule has 2 rings (SSSR count). The predicted molar refractivity (Wildman–Crippen MR) is 99.9 cm³/mol. The Morgan fingerprint density at radius 3 is 2.64 bits per heavy atom. The Hall–Kier alpha value is -2.04. The lowest BCUT2D eigenvalue weighted by molar-refractivity contribution is -0.134. The maximum Gasteiger partial charge on any atom is 0.242 e. The van der Waals surface area contributed by atoms with E-state index in [1.165, 1.54) is 18.2 Å². The summed E-state index contributed by atoms with van der Waals surface area (Å²) in [6, 6.07) is 7.70. The molecule has 1 saturated heterocycles. The number of para-hydroxylation sites is 2. The number of benzene rings is 1. The fraction of sp³-hybridized carbons (Fsp3) is 0.600. The van der Waals surface area contributed by atoms with Crippen LogP contribution in [0.5, 0.6) is 5.75 Å². The zero-order valence-electron chi connectivity index (χ0n) is 15.8. The number of rotatable bonds is 6. The first-order chi connectivity index (χ1) is 11.9. The molecule has 1 atom stereocenters. The fourth-order valence-corrected chi connectivity index (χ4v) is 3.38. The van der Waals surface area contributed by atoms with Crippen molar-refractivity contribution in [1.29, 1.82) is 0 Å². The van der Waals surface area contributed by atoms with E-state index in [1.807, 2.05) is 43.0 Å². The molecule has 1 aliphatic heterocycles. The maximum atomic E-state index is 12.9. The maximum absolute atomic E-state index is 12.9. The zero-order chi connectivity index (χ0) is 18.4. The van der Waals surface area contributed by atoms with E-state index >= 15 is 0 Å². The average molecular weight is 346 g/mol. The molecule has 5 nitrogen and oxygen atoms in total. The highest BCUT2D eigenvalue weighted by Gasteiger charge is 2.28. The SMILES string of the molecule is CCC1CCCCN1C(=O)CN(C(C)=O)c1ccccc1OC(C)C.